The molecule has 7 heteroatoms. The molecule has 2 amide bonds. The minimum absolute atomic E-state index is 0.0953. The molecular weight excluding hydrogens is 462 g/mol. The normalized spacial score (nSPS) is 21.0. The fourth-order valence-corrected chi connectivity index (χ4v) is 5.57. The SMILES string of the molecule is COc1ccc2cc3n(c2c1)CC(C)(C(=O)NC1CCCCCC1)N(Cc1ccc(Cl)cc1)C3=O. The number of nitrogens with zero attached hydrogens (tertiary/aromatic N) is 2. The first-order valence-electron chi connectivity index (χ1n) is 12.4. The number of amides is 2. The van der Waals surface area contributed by atoms with Gasteiger partial charge in [0.05, 0.1) is 19.2 Å². The number of carbonyl (C=O) groups is 2. The number of hydrogen-bond acceptors (Lipinski definition) is 3. The van der Waals surface area contributed by atoms with E-state index in [1.54, 1.807) is 12.0 Å². The summed E-state index contributed by atoms with van der Waals surface area (Å²) >= 11 is 6.09. The lowest BCUT2D eigenvalue weighted by molar-refractivity contribution is -0.134. The zero-order valence-electron chi connectivity index (χ0n) is 20.4. The lowest BCUT2D eigenvalue weighted by Gasteiger charge is -2.44. The van der Waals surface area contributed by atoms with Crippen molar-refractivity contribution in [3.05, 3.63) is 64.8 Å². The minimum atomic E-state index is -1.05. The van der Waals surface area contributed by atoms with Crippen LogP contribution >= 0.6 is 11.6 Å². The fraction of sp³-hybridized carbons (Fsp3) is 0.429. The molecule has 1 N–H and O–H groups in total. The zero-order chi connectivity index (χ0) is 24.6. The van der Waals surface area contributed by atoms with E-state index in [4.69, 9.17) is 16.3 Å². The molecule has 1 atom stereocenters. The molecular formula is C28H32ClN3O3. The van der Waals surface area contributed by atoms with Gasteiger partial charge in [-0.2, -0.15) is 0 Å². The number of halogens is 1. The highest BCUT2D eigenvalue weighted by Crippen LogP contribution is 2.35. The Hall–Kier alpha value is -2.99. The molecule has 1 unspecified atom stereocenters. The van der Waals surface area contributed by atoms with Crippen molar-refractivity contribution in [1.29, 1.82) is 0 Å². The summed E-state index contributed by atoms with van der Waals surface area (Å²) < 4.78 is 7.41. The van der Waals surface area contributed by atoms with E-state index in [2.05, 4.69) is 5.32 Å². The Balaban J connectivity index is 1.55. The van der Waals surface area contributed by atoms with E-state index < -0.39 is 5.54 Å². The zero-order valence-corrected chi connectivity index (χ0v) is 21.1. The molecule has 2 aliphatic rings. The van der Waals surface area contributed by atoms with Gasteiger partial charge in [-0.3, -0.25) is 9.59 Å². The summed E-state index contributed by atoms with van der Waals surface area (Å²) in [6.07, 6.45) is 6.66. The first-order valence-corrected chi connectivity index (χ1v) is 12.8. The van der Waals surface area contributed by atoms with Crippen LogP contribution in [-0.4, -0.2) is 40.0 Å². The minimum Gasteiger partial charge on any atom is -0.497 e. The second kappa shape index (κ2) is 9.57. The number of hydrogen-bond donors (Lipinski definition) is 1. The van der Waals surface area contributed by atoms with Crippen LogP contribution in [0.5, 0.6) is 5.75 Å². The lowest BCUT2D eigenvalue weighted by Crippen LogP contribution is -2.64. The van der Waals surface area contributed by atoms with Crippen LogP contribution < -0.4 is 10.1 Å². The Labute approximate surface area is 211 Å². The van der Waals surface area contributed by atoms with Crippen LogP contribution in [0.15, 0.2) is 48.5 Å². The molecule has 3 aromatic rings. The van der Waals surface area contributed by atoms with Gasteiger partial charge in [-0.05, 0) is 55.7 Å². The summed E-state index contributed by atoms with van der Waals surface area (Å²) in [7, 11) is 1.63. The van der Waals surface area contributed by atoms with Gasteiger partial charge in [0.15, 0.2) is 0 Å². The Morgan fingerprint density at radius 1 is 1.09 bits per heavy atom. The largest absolute Gasteiger partial charge is 0.497 e. The molecule has 5 rings (SSSR count). The van der Waals surface area contributed by atoms with Crippen LogP contribution in [0, 0.1) is 0 Å². The molecule has 184 valence electrons. The van der Waals surface area contributed by atoms with E-state index >= 15 is 0 Å². The van der Waals surface area contributed by atoms with Crippen molar-refractivity contribution in [2.75, 3.05) is 7.11 Å². The molecule has 0 spiro atoms. The molecule has 1 aliphatic carbocycles. The van der Waals surface area contributed by atoms with Gasteiger partial charge in [-0.15, -0.1) is 0 Å². The Bertz CT molecular complexity index is 1240. The van der Waals surface area contributed by atoms with Crippen LogP contribution in [0.2, 0.25) is 5.02 Å². The number of aromatic nitrogens is 1. The highest BCUT2D eigenvalue weighted by molar-refractivity contribution is 6.30. The molecule has 1 fully saturated rings. The molecule has 1 aromatic heterocycles. The van der Waals surface area contributed by atoms with Crippen molar-refractivity contribution in [3.63, 3.8) is 0 Å². The average molecular weight is 494 g/mol. The number of fused-ring (bicyclic) bond motifs is 3. The van der Waals surface area contributed by atoms with Crippen LogP contribution in [0.25, 0.3) is 10.9 Å². The third-order valence-corrected chi connectivity index (χ3v) is 7.82. The Morgan fingerprint density at radius 3 is 2.49 bits per heavy atom. The Morgan fingerprint density at radius 2 is 1.80 bits per heavy atom. The van der Waals surface area contributed by atoms with Crippen molar-refractivity contribution in [2.24, 2.45) is 0 Å². The van der Waals surface area contributed by atoms with E-state index in [9.17, 15) is 9.59 Å². The highest BCUT2D eigenvalue weighted by atomic mass is 35.5. The maximum Gasteiger partial charge on any atom is 0.271 e. The highest BCUT2D eigenvalue weighted by Gasteiger charge is 2.48. The van der Waals surface area contributed by atoms with E-state index in [1.165, 1.54) is 12.8 Å². The van der Waals surface area contributed by atoms with Gasteiger partial charge in [-0.25, -0.2) is 0 Å². The fourth-order valence-electron chi connectivity index (χ4n) is 5.44. The van der Waals surface area contributed by atoms with Crippen LogP contribution in [0.4, 0.5) is 0 Å². The molecule has 2 aromatic carbocycles. The van der Waals surface area contributed by atoms with Gasteiger partial charge in [0.25, 0.3) is 5.91 Å². The Kier molecular flexibility index (Phi) is 6.49. The van der Waals surface area contributed by atoms with Crippen LogP contribution in [-0.2, 0) is 17.9 Å². The molecule has 0 bridgehead atoms. The molecule has 1 saturated carbocycles. The number of carbonyl (C=O) groups excluding carboxylic acids is 2. The maximum absolute atomic E-state index is 13.9. The van der Waals surface area contributed by atoms with Gasteiger partial charge in [-0.1, -0.05) is 49.4 Å². The summed E-state index contributed by atoms with van der Waals surface area (Å²) in [6.45, 7) is 2.59. The molecule has 0 saturated heterocycles. The van der Waals surface area contributed by atoms with Crippen LogP contribution in [0.1, 0.15) is 61.5 Å². The summed E-state index contributed by atoms with van der Waals surface area (Å²) in [5, 5.41) is 4.91. The van der Waals surface area contributed by atoms with Gasteiger partial charge in [0, 0.05) is 29.1 Å². The smallest absolute Gasteiger partial charge is 0.271 e. The third kappa shape index (κ3) is 4.52. The van der Waals surface area contributed by atoms with E-state index in [0.29, 0.717) is 23.8 Å². The molecule has 1 aliphatic heterocycles. The third-order valence-electron chi connectivity index (χ3n) is 7.57. The first-order chi connectivity index (χ1) is 16.9. The van der Waals surface area contributed by atoms with Crippen molar-refractivity contribution in [1.82, 2.24) is 14.8 Å². The van der Waals surface area contributed by atoms with E-state index in [1.807, 2.05) is 60.0 Å². The summed E-state index contributed by atoms with van der Waals surface area (Å²) in [5.74, 6) is 0.473. The first kappa shape index (κ1) is 23.7. The molecule has 0 radical (unpaired) electrons. The summed E-state index contributed by atoms with van der Waals surface area (Å²) in [6, 6.07) is 15.3. The summed E-state index contributed by atoms with van der Waals surface area (Å²) in [4.78, 5) is 29.6. The van der Waals surface area contributed by atoms with Crippen molar-refractivity contribution < 1.29 is 14.3 Å². The predicted molar refractivity (Wildman–Crippen MR) is 138 cm³/mol. The van der Waals surface area contributed by atoms with Gasteiger partial charge < -0.3 is 19.5 Å². The number of ether oxygens (including phenoxy) is 1. The molecule has 6 nitrogen and oxygen atoms in total. The number of nitrogens with one attached hydrogen (secondary N) is 1. The quantitative estimate of drug-likeness (QED) is 0.473. The van der Waals surface area contributed by atoms with Crippen molar-refractivity contribution >= 4 is 34.3 Å². The molecule has 35 heavy (non-hydrogen) atoms. The van der Waals surface area contributed by atoms with Gasteiger partial charge in [0.2, 0.25) is 5.91 Å². The summed E-state index contributed by atoms with van der Waals surface area (Å²) in [5.41, 5.74) is 1.36. The average Bonchev–Trinajstić information content (AvgIpc) is 3.01. The van der Waals surface area contributed by atoms with Gasteiger partial charge in [0.1, 0.15) is 17.0 Å². The standard InChI is InChI=1S/C28H32ClN3O3/c1-28(27(34)30-22-7-5-3-4-6-8-22)18-31-24-16-23(35-2)14-11-20(24)15-25(31)26(33)32(28)17-19-9-12-21(29)13-10-19/h9-16,22H,3-8,17-18H2,1-2H3,(H,30,34). The number of rotatable bonds is 5. The molecule has 2 heterocycles. The van der Waals surface area contributed by atoms with Crippen LogP contribution in [0.3, 0.4) is 0 Å². The number of benzene rings is 2. The maximum atomic E-state index is 13.9. The monoisotopic (exact) mass is 493 g/mol. The second-order valence-electron chi connectivity index (χ2n) is 9.99. The van der Waals surface area contributed by atoms with Gasteiger partial charge >= 0.3 is 0 Å². The van der Waals surface area contributed by atoms with E-state index in [0.717, 1.165) is 47.9 Å². The predicted octanol–water partition coefficient (Wildman–Crippen LogP) is 5.56. The topological polar surface area (TPSA) is 63.6 Å². The lowest BCUT2D eigenvalue weighted by atomic mass is 9.93. The van der Waals surface area contributed by atoms with Crippen molar-refractivity contribution in [2.45, 2.75) is 70.1 Å². The second-order valence-corrected chi connectivity index (χ2v) is 10.4. The van der Waals surface area contributed by atoms with Crippen molar-refractivity contribution in [3.8, 4) is 5.75 Å². The number of methoxy groups -OCH3 is 1. The van der Waals surface area contributed by atoms with E-state index in [-0.39, 0.29) is 17.9 Å².